The molecule has 2 aromatic heterocycles. The van der Waals surface area contributed by atoms with Crippen LogP contribution in [0.5, 0.6) is 0 Å². The van der Waals surface area contributed by atoms with Gasteiger partial charge < -0.3 is 29.8 Å². The van der Waals surface area contributed by atoms with Crippen LogP contribution in [0.25, 0.3) is 27.6 Å². The highest BCUT2D eigenvalue weighted by molar-refractivity contribution is 5.88. The lowest BCUT2D eigenvalue weighted by Gasteiger charge is -2.40. The molecule has 1 aliphatic heterocycles. The lowest BCUT2D eigenvalue weighted by atomic mass is 9.85. The van der Waals surface area contributed by atoms with Gasteiger partial charge in [0.1, 0.15) is 17.7 Å². The summed E-state index contributed by atoms with van der Waals surface area (Å²) in [5.41, 5.74) is 12.3. The molecule has 2 aromatic carbocycles. The van der Waals surface area contributed by atoms with Crippen LogP contribution in [0.2, 0.25) is 0 Å². The number of likely N-dealkylation sites (tertiary alicyclic amines) is 1. The molecule has 3 heterocycles. The Balaban J connectivity index is 0.980. The molecule has 4 aromatic rings. The molecular weight excluding hydrogens is 771 g/mol. The third kappa shape index (κ3) is 9.23. The number of methoxy groups -OCH3 is 1. The number of amides is 2. The zero-order valence-electron chi connectivity index (χ0n) is 38.3. The van der Waals surface area contributed by atoms with Crippen LogP contribution in [0.3, 0.4) is 0 Å². The van der Waals surface area contributed by atoms with Crippen LogP contribution in [0, 0.1) is 11.8 Å². The number of H-pyrrole nitrogens is 2. The number of carbonyl (C=O) groups is 2. The predicted molar refractivity (Wildman–Crippen MR) is 250 cm³/mol. The Morgan fingerprint density at radius 3 is 2.47 bits per heavy atom. The number of nitrogens with zero attached hydrogens (tertiary/aromatic N) is 4. The maximum atomic E-state index is 14.2. The average molecular weight is 842 g/mol. The van der Waals surface area contributed by atoms with Crippen molar-refractivity contribution in [2.75, 3.05) is 20.8 Å². The first-order valence-corrected chi connectivity index (χ1v) is 23.9. The topological polar surface area (TPSA) is 119 Å². The largest absolute Gasteiger partial charge is 0.383 e. The lowest BCUT2D eigenvalue weighted by molar-refractivity contribution is -0.141. The molecule has 10 nitrogen and oxygen atoms in total. The fourth-order valence-corrected chi connectivity index (χ4v) is 11.8. The van der Waals surface area contributed by atoms with Crippen LogP contribution < -0.4 is 5.32 Å². The second-order valence-electron chi connectivity index (χ2n) is 19.1. The van der Waals surface area contributed by atoms with Gasteiger partial charge in [-0.25, -0.2) is 9.97 Å². The molecular formula is C52H71N7O3. The van der Waals surface area contributed by atoms with Crippen LogP contribution in [-0.2, 0) is 20.7 Å². The van der Waals surface area contributed by atoms with Crippen LogP contribution in [0.15, 0.2) is 65.3 Å². The number of likely N-dealkylation sites (N-methyl/N-ethyl adjacent to an activating group) is 1. The normalized spacial score (nSPS) is 23.7. The Morgan fingerprint density at radius 2 is 1.69 bits per heavy atom. The Bertz CT molecular complexity index is 2290. The van der Waals surface area contributed by atoms with Gasteiger partial charge in [-0.3, -0.25) is 9.59 Å². The van der Waals surface area contributed by atoms with Crippen molar-refractivity contribution in [2.45, 2.75) is 161 Å². The van der Waals surface area contributed by atoms with Crippen molar-refractivity contribution in [1.29, 1.82) is 0 Å². The van der Waals surface area contributed by atoms with E-state index >= 15 is 0 Å². The van der Waals surface area contributed by atoms with Crippen LogP contribution in [-0.4, -0.2) is 80.9 Å². The number of imidazole rings is 2. The minimum Gasteiger partial charge on any atom is -0.383 e. The Morgan fingerprint density at radius 1 is 0.952 bits per heavy atom. The van der Waals surface area contributed by atoms with Gasteiger partial charge in [0.15, 0.2) is 0 Å². The highest BCUT2D eigenvalue weighted by Gasteiger charge is 2.43. The molecule has 332 valence electrons. The Labute approximate surface area is 369 Å². The van der Waals surface area contributed by atoms with Crippen LogP contribution in [0.4, 0.5) is 0 Å². The van der Waals surface area contributed by atoms with Gasteiger partial charge in [-0.05, 0) is 150 Å². The van der Waals surface area contributed by atoms with E-state index < -0.39 is 6.04 Å². The molecule has 8 rings (SSSR count). The zero-order valence-corrected chi connectivity index (χ0v) is 38.3. The summed E-state index contributed by atoms with van der Waals surface area (Å²) in [6, 6.07) is 13.4. The first kappa shape index (κ1) is 44.1. The summed E-state index contributed by atoms with van der Waals surface area (Å²) in [7, 11) is 3.51. The second-order valence-corrected chi connectivity index (χ2v) is 19.1. The number of aromatic nitrogens is 4. The summed E-state index contributed by atoms with van der Waals surface area (Å²) < 4.78 is 5.47. The minimum absolute atomic E-state index is 0.0490. The van der Waals surface area contributed by atoms with E-state index in [0.717, 1.165) is 117 Å². The fraction of sp³-hybridized carbons (Fsp3) is 0.577. The second kappa shape index (κ2) is 19.9. The number of benzene rings is 2. The summed E-state index contributed by atoms with van der Waals surface area (Å²) in [5.74, 6) is 3.08. The minimum atomic E-state index is -0.397. The predicted octanol–water partition coefficient (Wildman–Crippen LogP) is 10.8. The van der Waals surface area contributed by atoms with Gasteiger partial charge in [-0.1, -0.05) is 81.4 Å². The van der Waals surface area contributed by atoms with Crippen molar-refractivity contribution >= 4 is 40.0 Å². The van der Waals surface area contributed by atoms with Crippen LogP contribution in [0.1, 0.15) is 159 Å². The molecule has 0 radical (unpaired) electrons. The number of hydrogen-bond donors (Lipinski definition) is 3. The van der Waals surface area contributed by atoms with Crippen molar-refractivity contribution in [2.24, 2.45) is 11.8 Å². The van der Waals surface area contributed by atoms with Crippen molar-refractivity contribution in [1.82, 2.24) is 35.1 Å². The van der Waals surface area contributed by atoms with E-state index in [1.165, 1.54) is 59.1 Å². The zero-order chi connectivity index (χ0) is 43.3. The summed E-state index contributed by atoms with van der Waals surface area (Å²) >= 11 is 0. The molecule has 3 aliphatic carbocycles. The molecule has 2 saturated carbocycles. The first-order valence-electron chi connectivity index (χ1n) is 23.9. The molecule has 0 spiro atoms. The monoisotopic (exact) mass is 842 g/mol. The number of fused-ring (bicyclic) bond motifs is 3. The third-order valence-electron chi connectivity index (χ3n) is 14.8. The van der Waals surface area contributed by atoms with E-state index in [2.05, 4.69) is 101 Å². The molecule has 0 bridgehead atoms. The standard InChI is InChI=1S/C52H71N7O3/c1-7-46(59(39-18-11-9-12-19-39)52(61)45(53-5)31-62-6)50-54-42-25-23-38(29-44(42)57-50)49-35(4)27-33(2)26-34(3)40(49)20-13-8-10-16-36-22-24-41-43(28-36)56-51(55-41)48-30-37-17-14-15-21-47(37)58(48)32-60/h8,10,22-25,28-29,32-33,37,39,45-48,53H,7,9,11-21,26-27,30-31H2,1-6H3,(H,54,57)(H,55,56)/b10-8+. The van der Waals surface area contributed by atoms with Gasteiger partial charge in [0.25, 0.3) is 0 Å². The third-order valence-corrected chi connectivity index (χ3v) is 14.8. The molecule has 1 saturated heterocycles. The van der Waals surface area contributed by atoms with Gasteiger partial charge in [0, 0.05) is 19.2 Å². The number of carbonyl (C=O) groups excluding carboxylic acids is 2. The molecule has 3 N–H and O–H groups in total. The van der Waals surface area contributed by atoms with Gasteiger partial charge >= 0.3 is 0 Å². The van der Waals surface area contributed by atoms with Gasteiger partial charge in [0.2, 0.25) is 12.3 Å². The lowest BCUT2D eigenvalue weighted by Crippen LogP contribution is -2.53. The first-order chi connectivity index (χ1) is 30.2. The Hall–Kier alpha value is -4.54. The molecule has 6 unspecified atom stereocenters. The van der Waals surface area contributed by atoms with E-state index in [1.54, 1.807) is 7.11 Å². The number of allylic oxidation sites excluding steroid dienone is 6. The van der Waals surface area contributed by atoms with E-state index in [0.29, 0.717) is 24.5 Å². The number of aromatic amines is 2. The smallest absolute Gasteiger partial charge is 0.242 e. The van der Waals surface area contributed by atoms with Gasteiger partial charge in [-0.15, -0.1) is 0 Å². The molecule has 62 heavy (non-hydrogen) atoms. The quantitative estimate of drug-likeness (QED) is 0.0763. The van der Waals surface area contributed by atoms with Crippen LogP contribution >= 0.6 is 0 Å². The van der Waals surface area contributed by atoms with Gasteiger partial charge in [0.05, 0.1) is 40.8 Å². The molecule has 10 heteroatoms. The number of ether oxygens (including phenoxy) is 1. The molecule has 3 fully saturated rings. The number of rotatable bonds is 16. The number of nitrogens with one attached hydrogen (secondary N) is 3. The van der Waals surface area contributed by atoms with Crippen molar-refractivity contribution in [3.05, 3.63) is 88.0 Å². The summed E-state index contributed by atoms with van der Waals surface area (Å²) in [4.78, 5) is 48.1. The summed E-state index contributed by atoms with van der Waals surface area (Å²) in [6.45, 7) is 9.56. The Kier molecular flexibility index (Phi) is 14.1. The maximum Gasteiger partial charge on any atom is 0.242 e. The molecule has 2 amide bonds. The van der Waals surface area contributed by atoms with Gasteiger partial charge in [-0.2, -0.15) is 0 Å². The molecule has 4 aliphatic rings. The highest BCUT2D eigenvalue weighted by atomic mass is 16.5. The summed E-state index contributed by atoms with van der Waals surface area (Å²) in [6.07, 6.45) is 22.9. The fourth-order valence-electron chi connectivity index (χ4n) is 11.8. The maximum absolute atomic E-state index is 14.2. The van der Waals surface area contributed by atoms with Crippen molar-refractivity contribution in [3.8, 4) is 0 Å². The van der Waals surface area contributed by atoms with E-state index in [4.69, 9.17) is 14.7 Å². The van der Waals surface area contributed by atoms with E-state index in [-0.39, 0.29) is 24.0 Å². The van der Waals surface area contributed by atoms with Crippen molar-refractivity contribution < 1.29 is 14.3 Å². The summed E-state index contributed by atoms with van der Waals surface area (Å²) in [5, 5.41) is 3.22. The SMILES string of the molecule is CCC(c1nc2ccc(C3=C(C)CC(C)CC(C)=C3CC/C=C/Cc3ccc4nc(C5CC6CCCCC6N5C=O)[nH]c4c3)cc2[nH]1)N(C(=O)C(COC)NC)C1CCCCC1. The van der Waals surface area contributed by atoms with Crippen molar-refractivity contribution in [3.63, 3.8) is 0 Å². The average Bonchev–Trinajstić information content (AvgIpc) is 3.99. The highest BCUT2D eigenvalue weighted by Crippen LogP contribution is 2.45. The number of hydrogen-bond acceptors (Lipinski definition) is 6. The van der Waals surface area contributed by atoms with E-state index in [9.17, 15) is 9.59 Å². The van der Waals surface area contributed by atoms with E-state index in [1.807, 2.05) is 7.05 Å². The molecule has 6 atom stereocenters.